The van der Waals surface area contributed by atoms with Gasteiger partial charge in [-0.1, -0.05) is 18.9 Å². The van der Waals surface area contributed by atoms with E-state index in [-0.39, 0.29) is 0 Å². The second kappa shape index (κ2) is 6.38. The minimum Gasteiger partial charge on any atom is -0.325 e. The number of nitrogens with two attached hydrogens (primary N) is 1. The molecule has 0 aromatic heterocycles. The molecule has 2 rings (SSSR count). The summed E-state index contributed by atoms with van der Waals surface area (Å²) in [6, 6.07) is 6.68. The van der Waals surface area contributed by atoms with E-state index in [0.29, 0.717) is 12.0 Å². The first-order chi connectivity index (χ1) is 8.69. The summed E-state index contributed by atoms with van der Waals surface area (Å²) in [5, 5.41) is 3.27. The van der Waals surface area contributed by atoms with Crippen molar-refractivity contribution in [3.63, 3.8) is 0 Å². The summed E-state index contributed by atoms with van der Waals surface area (Å²) in [7, 11) is 0. The van der Waals surface area contributed by atoms with Gasteiger partial charge in [-0.25, -0.2) is 10.8 Å². The van der Waals surface area contributed by atoms with Crippen LogP contribution in [0.2, 0.25) is 0 Å². The van der Waals surface area contributed by atoms with Gasteiger partial charge in [-0.05, 0) is 60.1 Å². The molecular weight excluding hydrogens is 339 g/mol. The standard InChI is InChI=1S/C13H19IN4/c1-9-6-7-10(14)8-12(9)17-13(18-15)16-11-4-2-3-5-11/h6-8,11H,2-5,15H2,1H3,(H2,16,17,18). The first kappa shape index (κ1) is 13.6. The van der Waals surface area contributed by atoms with Crippen LogP contribution in [0, 0.1) is 10.5 Å². The third-order valence-corrected chi connectivity index (χ3v) is 3.90. The van der Waals surface area contributed by atoms with Gasteiger partial charge in [0.1, 0.15) is 0 Å². The number of hydrogen-bond donors (Lipinski definition) is 3. The van der Waals surface area contributed by atoms with Crippen LogP contribution >= 0.6 is 22.6 Å². The molecule has 0 saturated heterocycles. The van der Waals surface area contributed by atoms with Crippen molar-refractivity contribution >= 4 is 34.2 Å². The molecule has 0 atom stereocenters. The fourth-order valence-corrected chi connectivity index (χ4v) is 2.67. The molecule has 4 nitrogen and oxygen atoms in total. The minimum atomic E-state index is 0.409. The van der Waals surface area contributed by atoms with Crippen LogP contribution in [0.4, 0.5) is 5.69 Å². The molecule has 1 aliphatic carbocycles. The molecule has 1 saturated carbocycles. The maximum Gasteiger partial charge on any atom is 0.210 e. The van der Waals surface area contributed by atoms with Gasteiger partial charge in [0.25, 0.3) is 0 Å². The van der Waals surface area contributed by atoms with E-state index in [1.165, 1.54) is 22.0 Å². The molecule has 0 heterocycles. The van der Waals surface area contributed by atoms with Crippen LogP contribution in [0.1, 0.15) is 31.2 Å². The molecule has 1 aromatic rings. The highest BCUT2D eigenvalue weighted by atomic mass is 127. The average Bonchev–Trinajstić information content (AvgIpc) is 2.85. The topological polar surface area (TPSA) is 62.4 Å². The number of aliphatic imine (C=N–C) groups is 1. The van der Waals surface area contributed by atoms with Crippen LogP contribution in [0.5, 0.6) is 0 Å². The van der Waals surface area contributed by atoms with Crippen LogP contribution in [0.15, 0.2) is 23.2 Å². The highest BCUT2D eigenvalue weighted by Crippen LogP contribution is 2.22. The van der Waals surface area contributed by atoms with Gasteiger partial charge in [-0.2, -0.15) is 0 Å². The summed E-state index contributed by atoms with van der Waals surface area (Å²) in [5.41, 5.74) is 4.90. The number of aryl methyl sites for hydroxylation is 1. The predicted molar refractivity (Wildman–Crippen MR) is 84.5 cm³/mol. The fraction of sp³-hybridized carbons (Fsp3) is 0.462. The van der Waals surface area contributed by atoms with Gasteiger partial charge in [0, 0.05) is 9.26 Å². The second-order valence-electron chi connectivity index (χ2n) is 4.64. The highest BCUT2D eigenvalue weighted by Gasteiger charge is 2.14. The van der Waals surface area contributed by atoms with Gasteiger partial charge in [0.05, 0.1) is 6.04 Å². The summed E-state index contributed by atoms with van der Waals surface area (Å²) in [6.07, 6.45) is 4.87. The van der Waals surface area contributed by atoms with E-state index in [9.17, 15) is 0 Å². The van der Waals surface area contributed by atoms with E-state index >= 15 is 0 Å². The maximum absolute atomic E-state index is 5.54. The Morgan fingerprint density at radius 2 is 2.11 bits per heavy atom. The predicted octanol–water partition coefficient (Wildman–Crippen LogP) is 2.77. The number of hydrogen-bond acceptors (Lipinski definition) is 2. The van der Waals surface area contributed by atoms with Gasteiger partial charge in [0.2, 0.25) is 5.96 Å². The molecule has 18 heavy (non-hydrogen) atoms. The molecular formula is C13H19IN4. The SMILES string of the molecule is Cc1ccc(I)cc1NC(=NC1CCCC1)NN. The highest BCUT2D eigenvalue weighted by molar-refractivity contribution is 14.1. The molecule has 1 aliphatic rings. The zero-order valence-corrected chi connectivity index (χ0v) is 12.7. The van der Waals surface area contributed by atoms with E-state index < -0.39 is 0 Å². The minimum absolute atomic E-state index is 0.409. The lowest BCUT2D eigenvalue weighted by Crippen LogP contribution is -2.37. The normalized spacial score (nSPS) is 16.9. The molecule has 0 aliphatic heterocycles. The largest absolute Gasteiger partial charge is 0.325 e. The average molecular weight is 358 g/mol. The zero-order chi connectivity index (χ0) is 13.0. The summed E-state index contributed by atoms with van der Waals surface area (Å²) in [6.45, 7) is 2.07. The van der Waals surface area contributed by atoms with Crippen molar-refractivity contribution in [3.8, 4) is 0 Å². The Morgan fingerprint density at radius 3 is 2.78 bits per heavy atom. The van der Waals surface area contributed by atoms with Crippen molar-refractivity contribution in [1.82, 2.24) is 5.43 Å². The van der Waals surface area contributed by atoms with Gasteiger partial charge < -0.3 is 5.32 Å². The zero-order valence-electron chi connectivity index (χ0n) is 10.5. The quantitative estimate of drug-likeness (QED) is 0.251. The van der Waals surface area contributed by atoms with Crippen molar-refractivity contribution < 1.29 is 0 Å². The number of benzene rings is 1. The number of nitrogens with zero attached hydrogens (tertiary/aromatic N) is 1. The van der Waals surface area contributed by atoms with Crippen molar-refractivity contribution in [1.29, 1.82) is 0 Å². The second-order valence-corrected chi connectivity index (χ2v) is 5.89. The Hall–Kier alpha value is -0.820. The van der Waals surface area contributed by atoms with Crippen LogP contribution in [0.3, 0.4) is 0 Å². The Bertz CT molecular complexity index is 439. The van der Waals surface area contributed by atoms with Crippen molar-refractivity contribution in [2.45, 2.75) is 38.6 Å². The number of hydrazine groups is 1. The Balaban J connectivity index is 2.11. The van der Waals surface area contributed by atoms with Gasteiger partial charge in [-0.3, -0.25) is 5.43 Å². The summed E-state index contributed by atoms with van der Waals surface area (Å²) >= 11 is 2.30. The molecule has 0 bridgehead atoms. The molecule has 0 radical (unpaired) electrons. The van der Waals surface area contributed by atoms with E-state index in [1.54, 1.807) is 0 Å². The van der Waals surface area contributed by atoms with Gasteiger partial charge in [-0.15, -0.1) is 0 Å². The monoisotopic (exact) mass is 358 g/mol. The molecule has 1 fully saturated rings. The number of guanidine groups is 1. The lowest BCUT2D eigenvalue weighted by Gasteiger charge is -2.13. The van der Waals surface area contributed by atoms with Gasteiger partial charge >= 0.3 is 0 Å². The van der Waals surface area contributed by atoms with Crippen molar-refractivity contribution in [2.24, 2.45) is 10.8 Å². The molecule has 0 unspecified atom stereocenters. The van der Waals surface area contributed by atoms with E-state index in [4.69, 9.17) is 5.84 Å². The molecule has 0 spiro atoms. The summed E-state index contributed by atoms with van der Waals surface area (Å²) in [5.74, 6) is 6.20. The van der Waals surface area contributed by atoms with Crippen LogP contribution in [-0.4, -0.2) is 12.0 Å². The third kappa shape index (κ3) is 3.58. The van der Waals surface area contributed by atoms with E-state index in [0.717, 1.165) is 18.5 Å². The third-order valence-electron chi connectivity index (χ3n) is 3.23. The van der Waals surface area contributed by atoms with Gasteiger partial charge in [0.15, 0.2) is 0 Å². The molecule has 5 heteroatoms. The Morgan fingerprint density at radius 1 is 1.39 bits per heavy atom. The first-order valence-electron chi connectivity index (χ1n) is 6.26. The Labute approximate surface area is 122 Å². The maximum atomic E-state index is 5.54. The molecule has 98 valence electrons. The lowest BCUT2D eigenvalue weighted by atomic mass is 10.2. The van der Waals surface area contributed by atoms with E-state index in [1.807, 2.05) is 0 Å². The number of anilines is 1. The van der Waals surface area contributed by atoms with Crippen molar-refractivity contribution in [2.75, 3.05) is 5.32 Å². The molecule has 0 amide bonds. The van der Waals surface area contributed by atoms with Crippen LogP contribution in [0.25, 0.3) is 0 Å². The summed E-state index contributed by atoms with van der Waals surface area (Å²) < 4.78 is 1.19. The molecule has 1 aromatic carbocycles. The van der Waals surface area contributed by atoms with E-state index in [2.05, 4.69) is 63.4 Å². The van der Waals surface area contributed by atoms with Crippen LogP contribution in [-0.2, 0) is 0 Å². The number of nitrogens with one attached hydrogen (secondary N) is 2. The van der Waals surface area contributed by atoms with Crippen LogP contribution < -0.4 is 16.6 Å². The fourth-order valence-electron chi connectivity index (χ4n) is 2.18. The number of rotatable bonds is 2. The van der Waals surface area contributed by atoms with Crippen molar-refractivity contribution in [3.05, 3.63) is 27.3 Å². The number of halogens is 1. The Kier molecular flexibility index (Phi) is 4.82. The first-order valence-corrected chi connectivity index (χ1v) is 7.34. The summed E-state index contributed by atoms with van der Waals surface area (Å²) in [4.78, 5) is 4.63. The lowest BCUT2D eigenvalue weighted by molar-refractivity contribution is 0.700. The smallest absolute Gasteiger partial charge is 0.210 e. The molecule has 4 N–H and O–H groups in total.